The molecule has 2 aromatic carbocycles. The van der Waals surface area contributed by atoms with E-state index in [2.05, 4.69) is 5.32 Å². The van der Waals surface area contributed by atoms with Crippen LogP contribution in [-0.2, 0) is 4.79 Å². The van der Waals surface area contributed by atoms with Gasteiger partial charge in [-0.05, 0) is 30.3 Å². The second kappa shape index (κ2) is 7.04. The van der Waals surface area contributed by atoms with E-state index in [1.807, 2.05) is 0 Å². The molecular weight excluding hydrogens is 313 g/mol. The normalized spacial score (nSPS) is 12.9. The Kier molecular flexibility index (Phi) is 4.65. The maximum absolute atomic E-state index is 13.8. The number of ether oxygens (including phenoxy) is 3. The molecule has 0 atom stereocenters. The van der Waals surface area contributed by atoms with Crippen molar-refractivity contribution in [3.63, 3.8) is 0 Å². The minimum absolute atomic E-state index is 0.299. The summed E-state index contributed by atoms with van der Waals surface area (Å²) in [7, 11) is 1.46. The summed E-state index contributed by atoms with van der Waals surface area (Å²) >= 11 is 0. The predicted molar refractivity (Wildman–Crippen MR) is 88.0 cm³/mol. The Balaban J connectivity index is 1.67. The highest BCUT2D eigenvalue weighted by Gasteiger charge is 2.12. The van der Waals surface area contributed by atoms with Gasteiger partial charge in [0.1, 0.15) is 24.8 Å². The second-order valence-corrected chi connectivity index (χ2v) is 5.07. The number of amides is 1. The first-order valence-electron chi connectivity index (χ1n) is 7.38. The third-order valence-electron chi connectivity index (χ3n) is 3.43. The molecule has 1 amide bonds. The average Bonchev–Trinajstić information content (AvgIpc) is 2.60. The molecule has 0 bridgehead atoms. The SMILES string of the molecule is COc1ccc(/C=C/C(=O)Nc2ccc3c(c2)OCCO3)c(F)c1. The predicted octanol–water partition coefficient (Wildman–Crippen LogP) is 3.26. The molecule has 0 aromatic heterocycles. The number of fused-ring (bicyclic) bond motifs is 1. The molecule has 0 fully saturated rings. The number of rotatable bonds is 4. The monoisotopic (exact) mass is 329 g/mol. The largest absolute Gasteiger partial charge is 0.497 e. The molecule has 24 heavy (non-hydrogen) atoms. The maximum Gasteiger partial charge on any atom is 0.248 e. The number of anilines is 1. The number of hydrogen-bond acceptors (Lipinski definition) is 4. The molecule has 5 nitrogen and oxygen atoms in total. The third-order valence-corrected chi connectivity index (χ3v) is 3.43. The lowest BCUT2D eigenvalue weighted by Crippen LogP contribution is -2.16. The van der Waals surface area contributed by atoms with Gasteiger partial charge >= 0.3 is 0 Å². The quantitative estimate of drug-likeness (QED) is 0.875. The van der Waals surface area contributed by atoms with Crippen molar-refractivity contribution in [2.24, 2.45) is 0 Å². The van der Waals surface area contributed by atoms with Gasteiger partial charge in [0.15, 0.2) is 11.5 Å². The molecule has 124 valence electrons. The van der Waals surface area contributed by atoms with Gasteiger partial charge in [0.05, 0.1) is 7.11 Å². The van der Waals surface area contributed by atoms with Gasteiger partial charge in [0.25, 0.3) is 0 Å². The van der Waals surface area contributed by atoms with Gasteiger partial charge in [-0.3, -0.25) is 4.79 Å². The minimum atomic E-state index is -0.460. The fourth-order valence-corrected chi connectivity index (χ4v) is 2.24. The molecule has 0 spiro atoms. The van der Waals surface area contributed by atoms with E-state index in [9.17, 15) is 9.18 Å². The topological polar surface area (TPSA) is 56.8 Å². The Morgan fingerprint density at radius 3 is 2.71 bits per heavy atom. The number of nitrogens with one attached hydrogen (secondary N) is 1. The second-order valence-electron chi connectivity index (χ2n) is 5.07. The van der Waals surface area contributed by atoms with Crippen LogP contribution in [0.4, 0.5) is 10.1 Å². The zero-order valence-electron chi connectivity index (χ0n) is 13.0. The van der Waals surface area contributed by atoms with Gasteiger partial charge in [0, 0.05) is 29.5 Å². The summed E-state index contributed by atoms with van der Waals surface area (Å²) < 4.78 is 29.6. The molecule has 6 heteroatoms. The number of carbonyl (C=O) groups is 1. The highest BCUT2D eigenvalue weighted by Crippen LogP contribution is 2.32. The molecule has 1 heterocycles. The average molecular weight is 329 g/mol. The van der Waals surface area contributed by atoms with Crippen molar-refractivity contribution < 1.29 is 23.4 Å². The van der Waals surface area contributed by atoms with Crippen LogP contribution in [0.3, 0.4) is 0 Å². The molecule has 1 aliphatic rings. The number of carbonyl (C=O) groups excluding carboxylic acids is 1. The summed E-state index contributed by atoms with van der Waals surface area (Å²) in [4.78, 5) is 12.0. The highest BCUT2D eigenvalue weighted by atomic mass is 19.1. The Labute approximate surface area is 138 Å². The van der Waals surface area contributed by atoms with Crippen LogP contribution in [-0.4, -0.2) is 26.2 Å². The van der Waals surface area contributed by atoms with Crippen LogP contribution >= 0.6 is 0 Å². The number of methoxy groups -OCH3 is 1. The number of hydrogen-bond donors (Lipinski definition) is 1. The van der Waals surface area contributed by atoms with Crippen LogP contribution in [0.15, 0.2) is 42.5 Å². The number of benzene rings is 2. The fourth-order valence-electron chi connectivity index (χ4n) is 2.24. The van der Waals surface area contributed by atoms with E-state index in [-0.39, 0.29) is 5.91 Å². The van der Waals surface area contributed by atoms with Crippen LogP contribution in [0.25, 0.3) is 6.08 Å². The molecule has 0 saturated heterocycles. The lowest BCUT2D eigenvalue weighted by molar-refractivity contribution is -0.111. The summed E-state index contributed by atoms with van der Waals surface area (Å²) in [6, 6.07) is 9.57. The van der Waals surface area contributed by atoms with Crippen molar-refractivity contribution in [3.05, 3.63) is 53.9 Å². The zero-order chi connectivity index (χ0) is 16.9. The van der Waals surface area contributed by atoms with E-state index in [0.29, 0.717) is 41.7 Å². The molecule has 1 aliphatic heterocycles. The summed E-state index contributed by atoms with van der Waals surface area (Å²) in [5.41, 5.74) is 0.872. The van der Waals surface area contributed by atoms with Crippen molar-refractivity contribution in [1.82, 2.24) is 0 Å². The van der Waals surface area contributed by atoms with E-state index in [0.717, 1.165) is 0 Å². The van der Waals surface area contributed by atoms with Crippen molar-refractivity contribution in [2.45, 2.75) is 0 Å². The Morgan fingerprint density at radius 1 is 1.17 bits per heavy atom. The van der Waals surface area contributed by atoms with Crippen LogP contribution in [0, 0.1) is 5.82 Å². The van der Waals surface area contributed by atoms with Crippen molar-refractivity contribution >= 4 is 17.7 Å². The molecule has 0 radical (unpaired) electrons. The molecular formula is C18H16FNO4. The fraction of sp³-hybridized carbons (Fsp3) is 0.167. The zero-order valence-corrected chi connectivity index (χ0v) is 13.0. The summed E-state index contributed by atoms with van der Waals surface area (Å²) in [6.07, 6.45) is 2.67. The number of halogens is 1. The van der Waals surface area contributed by atoms with Gasteiger partial charge < -0.3 is 19.5 Å². The van der Waals surface area contributed by atoms with Crippen LogP contribution in [0.2, 0.25) is 0 Å². The van der Waals surface area contributed by atoms with Crippen molar-refractivity contribution in [1.29, 1.82) is 0 Å². The van der Waals surface area contributed by atoms with E-state index < -0.39 is 5.82 Å². The Morgan fingerprint density at radius 2 is 1.96 bits per heavy atom. The van der Waals surface area contributed by atoms with E-state index >= 15 is 0 Å². The molecule has 2 aromatic rings. The van der Waals surface area contributed by atoms with Crippen LogP contribution in [0.5, 0.6) is 17.2 Å². The molecule has 1 N–H and O–H groups in total. The summed E-state index contributed by atoms with van der Waals surface area (Å²) in [6.45, 7) is 0.982. The van der Waals surface area contributed by atoms with Gasteiger partial charge in [0.2, 0.25) is 5.91 Å². The Hall–Kier alpha value is -3.02. The van der Waals surface area contributed by atoms with Gasteiger partial charge in [-0.2, -0.15) is 0 Å². The lowest BCUT2D eigenvalue weighted by Gasteiger charge is -2.18. The Bertz CT molecular complexity index is 789. The summed E-state index contributed by atoms with van der Waals surface area (Å²) in [5.74, 6) is 0.823. The third kappa shape index (κ3) is 3.65. The van der Waals surface area contributed by atoms with Gasteiger partial charge in [-0.15, -0.1) is 0 Å². The van der Waals surface area contributed by atoms with Gasteiger partial charge in [-0.1, -0.05) is 0 Å². The van der Waals surface area contributed by atoms with E-state index in [4.69, 9.17) is 14.2 Å². The minimum Gasteiger partial charge on any atom is -0.497 e. The van der Waals surface area contributed by atoms with Crippen molar-refractivity contribution in [2.75, 3.05) is 25.6 Å². The van der Waals surface area contributed by atoms with Crippen LogP contribution < -0.4 is 19.5 Å². The first kappa shape index (κ1) is 15.9. The van der Waals surface area contributed by atoms with Crippen molar-refractivity contribution in [3.8, 4) is 17.2 Å². The highest BCUT2D eigenvalue weighted by molar-refractivity contribution is 6.02. The van der Waals surface area contributed by atoms with Crippen LogP contribution in [0.1, 0.15) is 5.56 Å². The maximum atomic E-state index is 13.8. The summed E-state index contributed by atoms with van der Waals surface area (Å²) in [5, 5.41) is 2.70. The first-order valence-corrected chi connectivity index (χ1v) is 7.38. The molecule has 0 saturated carbocycles. The van der Waals surface area contributed by atoms with E-state index in [1.165, 1.54) is 25.3 Å². The van der Waals surface area contributed by atoms with Gasteiger partial charge in [-0.25, -0.2) is 4.39 Å². The molecule has 3 rings (SSSR count). The van der Waals surface area contributed by atoms with E-state index in [1.54, 1.807) is 30.3 Å². The standard InChI is InChI=1S/C18H16FNO4/c1-22-14-5-2-12(15(19)11-14)3-7-18(21)20-13-4-6-16-17(10-13)24-9-8-23-16/h2-7,10-11H,8-9H2,1H3,(H,20,21)/b7-3+. The molecule has 0 aliphatic carbocycles. The smallest absolute Gasteiger partial charge is 0.248 e. The first-order chi connectivity index (χ1) is 11.7. The lowest BCUT2D eigenvalue weighted by atomic mass is 10.2. The molecule has 0 unspecified atom stereocenters.